The lowest BCUT2D eigenvalue weighted by Gasteiger charge is -2.34. The Hall–Kier alpha value is -2.01. The van der Waals surface area contributed by atoms with Crippen molar-refractivity contribution in [2.45, 2.75) is 27.2 Å². The Morgan fingerprint density at radius 2 is 1.22 bits per heavy atom. The number of benzene rings is 1. The molecule has 3 aliphatic rings. The van der Waals surface area contributed by atoms with E-state index in [0.29, 0.717) is 32.7 Å². The van der Waals surface area contributed by atoms with Crippen LogP contribution in [-0.2, 0) is 19.7 Å². The number of rotatable bonds is 3. The lowest BCUT2D eigenvalue weighted by Crippen LogP contribution is -2.51. The lowest BCUT2D eigenvalue weighted by atomic mass is 9.84. The minimum Gasteiger partial charge on any atom is -0.369 e. The maximum atomic E-state index is 13.3. The van der Waals surface area contributed by atoms with Gasteiger partial charge in [0.2, 0.25) is 0 Å². The van der Waals surface area contributed by atoms with Crippen molar-refractivity contribution in [2.75, 3.05) is 85.2 Å². The van der Waals surface area contributed by atoms with E-state index in [2.05, 4.69) is 54.8 Å². The third kappa shape index (κ3) is 7.06. The molecular weight excluding hydrogens is 500 g/mol. The van der Waals surface area contributed by atoms with E-state index in [1.165, 1.54) is 0 Å². The van der Waals surface area contributed by atoms with Crippen LogP contribution >= 0.6 is 0 Å². The number of sulfone groups is 2. The summed E-state index contributed by atoms with van der Waals surface area (Å²) in [5.41, 5.74) is 2.25. The van der Waals surface area contributed by atoms with E-state index in [1.807, 2.05) is 4.90 Å². The fraction of sp³-hybridized carbons (Fsp3) is 0.720. The van der Waals surface area contributed by atoms with E-state index in [0.717, 1.165) is 24.3 Å². The van der Waals surface area contributed by atoms with Crippen LogP contribution in [0.2, 0.25) is 0 Å². The topological polar surface area (TPSA) is 98.3 Å². The molecule has 3 saturated heterocycles. The summed E-state index contributed by atoms with van der Waals surface area (Å²) in [6.45, 7) is 11.0. The van der Waals surface area contributed by atoms with E-state index >= 15 is 0 Å². The first kappa shape index (κ1) is 27.0. The van der Waals surface area contributed by atoms with Crippen molar-refractivity contribution in [1.29, 1.82) is 0 Å². The largest absolute Gasteiger partial charge is 0.369 e. The zero-order valence-electron chi connectivity index (χ0n) is 21.7. The molecule has 0 unspecified atom stereocenters. The minimum atomic E-state index is -3.04. The van der Waals surface area contributed by atoms with Crippen LogP contribution in [0.25, 0.3) is 0 Å². The molecule has 3 fully saturated rings. The molecule has 0 aliphatic carbocycles. The molecule has 202 valence electrons. The van der Waals surface area contributed by atoms with E-state index in [4.69, 9.17) is 0 Å². The zero-order chi connectivity index (χ0) is 26.1. The number of anilines is 2. The Morgan fingerprint density at radius 3 is 1.75 bits per heavy atom. The molecule has 0 radical (unpaired) electrons. The Balaban J connectivity index is 1.46. The van der Waals surface area contributed by atoms with Crippen molar-refractivity contribution < 1.29 is 21.6 Å². The van der Waals surface area contributed by atoms with Crippen molar-refractivity contribution in [3.05, 3.63) is 24.3 Å². The van der Waals surface area contributed by atoms with Gasteiger partial charge in [-0.15, -0.1) is 0 Å². The van der Waals surface area contributed by atoms with Crippen LogP contribution in [0, 0.1) is 11.3 Å². The Labute approximate surface area is 216 Å². The standard InChI is InChI=1S/C25H40N4O5S2/c1-25(2,3)18-21-19-28(8-9-29(20-21)24(30)27-12-16-36(33,34)17-13-27)23-6-4-22(5-7-23)26-10-14-35(31,32)15-11-26/h4-7,21H,8-20H2,1-3H3/t21-/m0/s1. The molecule has 9 nitrogen and oxygen atoms in total. The Bertz CT molecular complexity index is 1120. The lowest BCUT2D eigenvalue weighted by molar-refractivity contribution is 0.148. The van der Waals surface area contributed by atoms with Gasteiger partial charge in [0, 0.05) is 63.7 Å². The molecule has 1 aromatic carbocycles. The third-order valence-electron chi connectivity index (χ3n) is 7.31. The summed E-state index contributed by atoms with van der Waals surface area (Å²) in [6, 6.07) is 8.27. The van der Waals surface area contributed by atoms with E-state index in [-0.39, 0.29) is 53.5 Å². The highest BCUT2D eigenvalue weighted by Crippen LogP contribution is 2.30. The quantitative estimate of drug-likeness (QED) is 0.578. The number of hydrogen-bond donors (Lipinski definition) is 0. The van der Waals surface area contributed by atoms with E-state index < -0.39 is 19.7 Å². The number of carbonyl (C=O) groups is 1. The normalized spacial score (nSPS) is 24.9. The Morgan fingerprint density at radius 1 is 0.722 bits per heavy atom. The van der Waals surface area contributed by atoms with Crippen LogP contribution in [0.3, 0.4) is 0 Å². The molecule has 3 heterocycles. The van der Waals surface area contributed by atoms with Gasteiger partial charge in [-0.3, -0.25) is 0 Å². The minimum absolute atomic E-state index is 0.0411. The highest BCUT2D eigenvalue weighted by molar-refractivity contribution is 7.91. The second kappa shape index (κ2) is 10.4. The summed E-state index contributed by atoms with van der Waals surface area (Å²) in [4.78, 5) is 21.4. The Kier molecular flexibility index (Phi) is 7.81. The molecule has 2 amide bonds. The second-order valence-corrected chi connectivity index (χ2v) is 16.2. The first-order chi connectivity index (χ1) is 16.8. The number of hydrogen-bond acceptors (Lipinski definition) is 7. The monoisotopic (exact) mass is 540 g/mol. The van der Waals surface area contributed by atoms with Gasteiger partial charge >= 0.3 is 6.03 Å². The van der Waals surface area contributed by atoms with Crippen LogP contribution in [0.15, 0.2) is 24.3 Å². The molecule has 1 atom stereocenters. The molecule has 36 heavy (non-hydrogen) atoms. The molecule has 4 rings (SSSR count). The summed E-state index contributed by atoms with van der Waals surface area (Å²) in [7, 11) is -5.95. The number of amides is 2. The van der Waals surface area contributed by atoms with Gasteiger partial charge in [0.25, 0.3) is 0 Å². The number of carbonyl (C=O) groups excluding carboxylic acids is 1. The predicted molar refractivity (Wildman–Crippen MR) is 144 cm³/mol. The van der Waals surface area contributed by atoms with Crippen LogP contribution in [0.4, 0.5) is 16.2 Å². The van der Waals surface area contributed by atoms with Gasteiger partial charge in [-0.05, 0) is 42.0 Å². The second-order valence-electron chi connectivity index (χ2n) is 11.6. The smallest absolute Gasteiger partial charge is 0.320 e. The van der Waals surface area contributed by atoms with Crippen LogP contribution in [0.5, 0.6) is 0 Å². The van der Waals surface area contributed by atoms with Gasteiger partial charge in [-0.2, -0.15) is 0 Å². The summed E-state index contributed by atoms with van der Waals surface area (Å²) in [6.07, 6.45) is 0.974. The molecule has 0 saturated carbocycles. The summed E-state index contributed by atoms with van der Waals surface area (Å²) in [5, 5.41) is 0. The van der Waals surface area contributed by atoms with Gasteiger partial charge in [-0.25, -0.2) is 21.6 Å². The van der Waals surface area contributed by atoms with Crippen molar-refractivity contribution in [3.63, 3.8) is 0 Å². The molecule has 3 aliphatic heterocycles. The van der Waals surface area contributed by atoms with Gasteiger partial charge < -0.3 is 19.6 Å². The molecule has 11 heteroatoms. The van der Waals surface area contributed by atoms with Gasteiger partial charge in [0.1, 0.15) is 0 Å². The molecule has 1 aromatic rings. The van der Waals surface area contributed by atoms with Crippen LogP contribution in [-0.4, -0.2) is 108 Å². The van der Waals surface area contributed by atoms with Crippen molar-refractivity contribution in [1.82, 2.24) is 9.80 Å². The van der Waals surface area contributed by atoms with Crippen molar-refractivity contribution in [3.8, 4) is 0 Å². The molecular formula is C25H40N4O5S2. The summed E-state index contributed by atoms with van der Waals surface area (Å²) in [5.74, 6) is 0.764. The van der Waals surface area contributed by atoms with E-state index in [1.54, 1.807) is 4.90 Å². The van der Waals surface area contributed by atoms with Gasteiger partial charge in [0.15, 0.2) is 19.7 Å². The fourth-order valence-electron chi connectivity index (χ4n) is 5.46. The maximum Gasteiger partial charge on any atom is 0.320 e. The molecule has 0 N–H and O–H groups in total. The first-order valence-electron chi connectivity index (χ1n) is 12.8. The first-order valence-corrected chi connectivity index (χ1v) is 16.5. The van der Waals surface area contributed by atoms with E-state index in [9.17, 15) is 21.6 Å². The fourth-order valence-corrected chi connectivity index (χ4v) is 7.86. The molecule has 0 bridgehead atoms. The summed E-state index contributed by atoms with van der Waals surface area (Å²) >= 11 is 0. The van der Waals surface area contributed by atoms with Crippen molar-refractivity contribution in [2.24, 2.45) is 11.3 Å². The molecule has 0 aromatic heterocycles. The predicted octanol–water partition coefficient (Wildman–Crippen LogP) is 1.95. The van der Waals surface area contributed by atoms with Gasteiger partial charge in [-0.1, -0.05) is 20.8 Å². The average Bonchev–Trinajstić information content (AvgIpc) is 3.00. The average molecular weight is 541 g/mol. The number of nitrogens with zero attached hydrogens (tertiary/aromatic N) is 4. The summed E-state index contributed by atoms with van der Waals surface area (Å²) < 4.78 is 47.2. The zero-order valence-corrected chi connectivity index (χ0v) is 23.4. The number of urea groups is 1. The third-order valence-corrected chi connectivity index (χ3v) is 10.5. The highest BCUT2D eigenvalue weighted by Gasteiger charge is 2.33. The van der Waals surface area contributed by atoms with Crippen LogP contribution < -0.4 is 9.80 Å². The maximum absolute atomic E-state index is 13.3. The van der Waals surface area contributed by atoms with Gasteiger partial charge in [0.05, 0.1) is 23.0 Å². The van der Waals surface area contributed by atoms with Crippen molar-refractivity contribution >= 4 is 37.1 Å². The SMILES string of the molecule is CC(C)(C)C[C@@H]1CN(C(=O)N2CCS(=O)(=O)CC2)CCN(c2ccc(N3CCS(=O)(=O)CC3)cc2)C1. The molecule has 0 spiro atoms. The highest BCUT2D eigenvalue weighted by atomic mass is 32.2. The van der Waals surface area contributed by atoms with Crippen LogP contribution in [0.1, 0.15) is 27.2 Å².